The Morgan fingerprint density at radius 3 is 2.80 bits per heavy atom. The average Bonchev–Trinajstić information content (AvgIpc) is 2.89. The molecular weight excluding hydrogens is 275 g/mol. The molecule has 2 rings (SSSR count). The fraction of sp³-hybridized carbons (Fsp3) is 0.400. The largest absolute Gasteiger partial charge is 0.396 e. The van der Waals surface area contributed by atoms with E-state index in [2.05, 4.69) is 17.2 Å². The maximum Gasteiger partial charge on any atom is 0.123 e. The molecule has 0 spiro atoms. The molecule has 0 amide bonds. The standard InChI is InChI=1S/C15H19FN2OS/c1-11(6-7-19)8-17-9-14-10-20-15(18-14)12-2-4-13(16)5-3-12/h2-5,10-11,17,19H,6-9H2,1H3. The van der Waals surface area contributed by atoms with Gasteiger partial charge in [0.05, 0.1) is 5.69 Å². The van der Waals surface area contributed by atoms with Crippen molar-refractivity contribution in [2.24, 2.45) is 5.92 Å². The summed E-state index contributed by atoms with van der Waals surface area (Å²) in [6.07, 6.45) is 0.810. The highest BCUT2D eigenvalue weighted by Crippen LogP contribution is 2.23. The molecule has 1 aromatic heterocycles. The van der Waals surface area contributed by atoms with Crippen molar-refractivity contribution in [1.29, 1.82) is 0 Å². The third kappa shape index (κ3) is 4.37. The molecule has 3 nitrogen and oxygen atoms in total. The lowest BCUT2D eigenvalue weighted by atomic mass is 10.1. The molecule has 108 valence electrons. The number of rotatable bonds is 7. The summed E-state index contributed by atoms with van der Waals surface area (Å²) in [7, 11) is 0. The smallest absolute Gasteiger partial charge is 0.123 e. The third-order valence-corrected chi connectivity index (χ3v) is 4.00. The highest BCUT2D eigenvalue weighted by molar-refractivity contribution is 7.13. The third-order valence-electron chi connectivity index (χ3n) is 3.06. The van der Waals surface area contributed by atoms with Crippen molar-refractivity contribution in [1.82, 2.24) is 10.3 Å². The van der Waals surface area contributed by atoms with Gasteiger partial charge in [-0.3, -0.25) is 0 Å². The van der Waals surface area contributed by atoms with Crippen LogP contribution in [-0.2, 0) is 6.54 Å². The van der Waals surface area contributed by atoms with Crippen LogP contribution < -0.4 is 5.32 Å². The van der Waals surface area contributed by atoms with Crippen molar-refractivity contribution in [3.63, 3.8) is 0 Å². The van der Waals surface area contributed by atoms with Crippen LogP contribution in [0.1, 0.15) is 19.0 Å². The van der Waals surface area contributed by atoms with Crippen LogP contribution in [0.15, 0.2) is 29.6 Å². The van der Waals surface area contributed by atoms with Crippen LogP contribution in [-0.4, -0.2) is 23.2 Å². The first-order valence-electron chi connectivity index (χ1n) is 6.71. The van der Waals surface area contributed by atoms with Gasteiger partial charge in [0.25, 0.3) is 0 Å². The van der Waals surface area contributed by atoms with Crippen molar-refractivity contribution >= 4 is 11.3 Å². The zero-order chi connectivity index (χ0) is 14.4. The lowest BCUT2D eigenvalue weighted by molar-refractivity contribution is 0.260. The maximum atomic E-state index is 12.9. The van der Waals surface area contributed by atoms with Gasteiger partial charge in [-0.15, -0.1) is 11.3 Å². The van der Waals surface area contributed by atoms with Gasteiger partial charge in [0, 0.05) is 24.1 Å². The van der Waals surface area contributed by atoms with Gasteiger partial charge in [-0.2, -0.15) is 0 Å². The summed E-state index contributed by atoms with van der Waals surface area (Å²) in [4.78, 5) is 4.54. The van der Waals surface area contributed by atoms with Crippen LogP contribution in [0.25, 0.3) is 10.6 Å². The van der Waals surface area contributed by atoms with Crippen molar-refractivity contribution < 1.29 is 9.50 Å². The summed E-state index contributed by atoms with van der Waals surface area (Å²) in [6.45, 7) is 3.92. The van der Waals surface area contributed by atoms with Crippen LogP contribution in [0.5, 0.6) is 0 Å². The number of thiazole rings is 1. The molecular formula is C15H19FN2OS. The van der Waals surface area contributed by atoms with Gasteiger partial charge in [0.15, 0.2) is 0 Å². The number of halogens is 1. The molecule has 0 aliphatic rings. The normalized spacial score (nSPS) is 12.6. The van der Waals surface area contributed by atoms with E-state index in [0.29, 0.717) is 12.5 Å². The summed E-state index contributed by atoms with van der Waals surface area (Å²) in [5.74, 6) is 0.222. The van der Waals surface area contributed by atoms with Crippen LogP contribution in [0.3, 0.4) is 0 Å². The molecule has 1 heterocycles. The van der Waals surface area contributed by atoms with Crippen molar-refractivity contribution in [2.45, 2.75) is 19.9 Å². The molecule has 0 saturated carbocycles. The monoisotopic (exact) mass is 294 g/mol. The van der Waals surface area contributed by atoms with E-state index in [1.165, 1.54) is 12.1 Å². The van der Waals surface area contributed by atoms with Crippen LogP contribution >= 0.6 is 11.3 Å². The number of hydrogen-bond donors (Lipinski definition) is 2. The summed E-state index contributed by atoms with van der Waals surface area (Å²) < 4.78 is 12.9. The zero-order valence-corrected chi connectivity index (χ0v) is 12.3. The fourth-order valence-electron chi connectivity index (χ4n) is 1.88. The second-order valence-electron chi connectivity index (χ2n) is 4.90. The molecule has 20 heavy (non-hydrogen) atoms. The van der Waals surface area contributed by atoms with Gasteiger partial charge in [-0.25, -0.2) is 9.37 Å². The average molecular weight is 294 g/mol. The molecule has 0 saturated heterocycles. The topological polar surface area (TPSA) is 45.1 Å². The lowest BCUT2D eigenvalue weighted by Gasteiger charge is -2.09. The second kappa shape index (κ2) is 7.47. The Labute approximate surface area is 122 Å². The Kier molecular flexibility index (Phi) is 5.64. The van der Waals surface area contributed by atoms with Crippen molar-refractivity contribution in [3.05, 3.63) is 41.2 Å². The van der Waals surface area contributed by atoms with Gasteiger partial charge in [0.2, 0.25) is 0 Å². The number of aromatic nitrogens is 1. The number of aliphatic hydroxyl groups is 1. The number of benzene rings is 1. The Bertz CT molecular complexity index is 527. The number of aliphatic hydroxyl groups excluding tert-OH is 1. The number of nitrogens with zero attached hydrogens (tertiary/aromatic N) is 1. The second-order valence-corrected chi connectivity index (χ2v) is 5.76. The molecule has 1 aromatic carbocycles. The molecule has 2 N–H and O–H groups in total. The molecule has 0 aliphatic carbocycles. The van der Waals surface area contributed by atoms with Crippen molar-refractivity contribution in [2.75, 3.05) is 13.2 Å². The predicted octanol–water partition coefficient (Wildman–Crippen LogP) is 3.06. The first kappa shape index (κ1) is 15.1. The van der Waals surface area contributed by atoms with Crippen molar-refractivity contribution in [3.8, 4) is 10.6 Å². The minimum atomic E-state index is -0.231. The van der Waals surface area contributed by atoms with Gasteiger partial charge in [-0.05, 0) is 43.1 Å². The summed E-state index contributed by atoms with van der Waals surface area (Å²) in [6, 6.07) is 6.39. The van der Waals surface area contributed by atoms with E-state index in [4.69, 9.17) is 5.11 Å². The highest BCUT2D eigenvalue weighted by Gasteiger charge is 2.06. The Balaban J connectivity index is 1.87. The van der Waals surface area contributed by atoms with Gasteiger partial charge in [0.1, 0.15) is 10.8 Å². The molecule has 0 fully saturated rings. The molecule has 0 radical (unpaired) electrons. The van der Waals surface area contributed by atoms with Gasteiger partial charge >= 0.3 is 0 Å². The molecule has 1 atom stereocenters. The van der Waals surface area contributed by atoms with E-state index in [1.54, 1.807) is 23.5 Å². The Morgan fingerprint density at radius 1 is 1.35 bits per heavy atom. The Hall–Kier alpha value is -1.30. The predicted molar refractivity (Wildman–Crippen MR) is 80.1 cm³/mol. The molecule has 0 bridgehead atoms. The lowest BCUT2D eigenvalue weighted by Crippen LogP contribution is -2.21. The van der Waals surface area contributed by atoms with E-state index in [1.807, 2.05) is 5.38 Å². The highest BCUT2D eigenvalue weighted by atomic mass is 32.1. The van der Waals surface area contributed by atoms with Crippen LogP contribution in [0.2, 0.25) is 0 Å². The fourth-order valence-corrected chi connectivity index (χ4v) is 2.71. The zero-order valence-electron chi connectivity index (χ0n) is 11.5. The van der Waals surface area contributed by atoms with Crippen LogP contribution in [0, 0.1) is 11.7 Å². The van der Waals surface area contributed by atoms with E-state index in [0.717, 1.165) is 29.2 Å². The number of hydrogen-bond acceptors (Lipinski definition) is 4. The molecule has 5 heteroatoms. The first-order valence-corrected chi connectivity index (χ1v) is 7.59. The van der Waals surface area contributed by atoms with Gasteiger partial charge < -0.3 is 10.4 Å². The van der Waals surface area contributed by atoms with E-state index in [-0.39, 0.29) is 12.4 Å². The summed E-state index contributed by atoms with van der Waals surface area (Å²) in [5, 5.41) is 15.1. The van der Waals surface area contributed by atoms with E-state index in [9.17, 15) is 4.39 Å². The first-order chi connectivity index (χ1) is 9.69. The minimum Gasteiger partial charge on any atom is -0.396 e. The molecule has 2 aromatic rings. The maximum absolute atomic E-state index is 12.9. The molecule has 0 aliphatic heterocycles. The van der Waals surface area contributed by atoms with E-state index >= 15 is 0 Å². The summed E-state index contributed by atoms with van der Waals surface area (Å²) in [5.41, 5.74) is 1.93. The van der Waals surface area contributed by atoms with E-state index < -0.39 is 0 Å². The Morgan fingerprint density at radius 2 is 2.10 bits per heavy atom. The summed E-state index contributed by atoms with van der Waals surface area (Å²) >= 11 is 1.56. The SMILES string of the molecule is CC(CCO)CNCc1csc(-c2ccc(F)cc2)n1. The number of nitrogens with one attached hydrogen (secondary N) is 1. The molecule has 1 unspecified atom stereocenters. The van der Waals surface area contributed by atoms with Crippen LogP contribution in [0.4, 0.5) is 4.39 Å². The van der Waals surface area contributed by atoms with Gasteiger partial charge in [-0.1, -0.05) is 6.92 Å². The quantitative estimate of drug-likeness (QED) is 0.825. The minimum absolute atomic E-state index is 0.230.